The highest BCUT2D eigenvalue weighted by Crippen LogP contribution is 2.29. The molecule has 0 saturated heterocycles. The smallest absolute Gasteiger partial charge is 0.328 e. The van der Waals surface area contributed by atoms with Crippen LogP contribution in [0, 0.1) is 11.8 Å². The fraction of sp³-hybridized carbons (Fsp3) is 0.694. The van der Waals surface area contributed by atoms with Crippen molar-refractivity contribution in [1.82, 2.24) is 5.32 Å². The lowest BCUT2D eigenvalue weighted by Gasteiger charge is -2.23. The first-order chi connectivity index (χ1) is 22.1. The minimum atomic E-state index is -2.62. The number of amides is 1. The fourth-order valence-corrected chi connectivity index (χ4v) is 5.33. The van der Waals surface area contributed by atoms with Crippen LogP contribution in [0.4, 0.5) is 13.2 Å². The maximum Gasteiger partial charge on any atom is 0.328 e. The zero-order valence-corrected chi connectivity index (χ0v) is 28.5. The van der Waals surface area contributed by atoms with E-state index in [9.17, 15) is 32.7 Å². The van der Waals surface area contributed by atoms with Gasteiger partial charge < -0.3 is 25.4 Å². The van der Waals surface area contributed by atoms with Crippen molar-refractivity contribution in [2.75, 3.05) is 20.4 Å². The number of hydrogen-bond donors (Lipinski definition) is 2. The van der Waals surface area contributed by atoms with Crippen LogP contribution in [0.2, 0.25) is 0 Å². The van der Waals surface area contributed by atoms with Crippen LogP contribution < -0.4 is 10.1 Å². The molecule has 270 valence electrons. The number of allylic oxidation sites excluding steroid dienone is 1. The lowest BCUT2D eigenvalue weighted by atomic mass is 9.86. The average Bonchev–Trinajstić information content (AvgIpc) is 3.03. The SMILES string of the molecule is CCCCCCCC(F)(F)CCCCCC/C=C/[C@H](C(=O)N[C@@H](Cc1ccc(OCCCF)cc1)C(=O)OC)[C@@H](CCC)C(=O)O.O. The van der Waals surface area contributed by atoms with E-state index >= 15 is 0 Å². The summed E-state index contributed by atoms with van der Waals surface area (Å²) in [6.07, 6.45) is 12.3. The van der Waals surface area contributed by atoms with Crippen LogP contribution >= 0.6 is 0 Å². The summed E-state index contributed by atoms with van der Waals surface area (Å²) in [6, 6.07) is 5.81. The number of methoxy groups -OCH3 is 1. The van der Waals surface area contributed by atoms with Gasteiger partial charge >= 0.3 is 11.9 Å². The molecule has 1 rings (SSSR count). The molecule has 1 amide bonds. The Balaban J connectivity index is 0.0000212. The van der Waals surface area contributed by atoms with Crippen LogP contribution in [0.25, 0.3) is 0 Å². The molecule has 0 aliphatic carbocycles. The molecule has 3 atom stereocenters. The van der Waals surface area contributed by atoms with E-state index in [2.05, 4.69) is 12.2 Å². The van der Waals surface area contributed by atoms with Gasteiger partial charge in [-0.25, -0.2) is 13.6 Å². The molecular weight excluding hydrogens is 615 g/mol. The van der Waals surface area contributed by atoms with Crippen LogP contribution in [0.1, 0.15) is 116 Å². The number of carboxylic acid groups (broad SMARTS) is 1. The maximum absolute atomic E-state index is 14.1. The van der Waals surface area contributed by atoms with Gasteiger partial charge in [0, 0.05) is 25.7 Å². The summed E-state index contributed by atoms with van der Waals surface area (Å²) in [5.41, 5.74) is 0.716. The summed E-state index contributed by atoms with van der Waals surface area (Å²) in [7, 11) is 1.22. The van der Waals surface area contributed by atoms with Gasteiger partial charge in [0.15, 0.2) is 0 Å². The number of ether oxygens (including phenoxy) is 2. The van der Waals surface area contributed by atoms with Crippen LogP contribution in [-0.4, -0.2) is 60.8 Å². The van der Waals surface area contributed by atoms with Gasteiger partial charge in [0.05, 0.1) is 32.2 Å². The molecule has 4 N–H and O–H groups in total. The Labute approximate surface area is 279 Å². The van der Waals surface area contributed by atoms with E-state index in [1.165, 1.54) is 7.11 Å². The first-order valence-electron chi connectivity index (χ1n) is 17.0. The molecule has 0 saturated carbocycles. The summed E-state index contributed by atoms with van der Waals surface area (Å²) >= 11 is 0. The van der Waals surface area contributed by atoms with E-state index in [-0.39, 0.29) is 44.2 Å². The molecule has 47 heavy (non-hydrogen) atoms. The van der Waals surface area contributed by atoms with Crippen molar-refractivity contribution in [3.63, 3.8) is 0 Å². The van der Waals surface area contributed by atoms with Gasteiger partial charge in [-0.3, -0.25) is 14.0 Å². The topological polar surface area (TPSA) is 133 Å². The van der Waals surface area contributed by atoms with Gasteiger partial charge in [-0.2, -0.15) is 0 Å². The van der Waals surface area contributed by atoms with Crippen molar-refractivity contribution in [3.05, 3.63) is 42.0 Å². The quantitative estimate of drug-likeness (QED) is 0.0556. The molecule has 0 spiro atoms. The van der Waals surface area contributed by atoms with Crippen molar-refractivity contribution in [2.24, 2.45) is 11.8 Å². The number of hydrogen-bond acceptors (Lipinski definition) is 5. The number of benzene rings is 1. The van der Waals surface area contributed by atoms with Crippen LogP contribution in [0.3, 0.4) is 0 Å². The van der Waals surface area contributed by atoms with Crippen LogP contribution in [0.15, 0.2) is 36.4 Å². The molecule has 1 aromatic carbocycles. The summed E-state index contributed by atoms with van der Waals surface area (Å²) in [5.74, 6) is -6.41. The summed E-state index contributed by atoms with van der Waals surface area (Å²) < 4.78 is 51.0. The van der Waals surface area contributed by atoms with E-state index < -0.39 is 48.3 Å². The van der Waals surface area contributed by atoms with E-state index in [0.29, 0.717) is 43.4 Å². The third-order valence-corrected chi connectivity index (χ3v) is 8.02. The number of carbonyl (C=O) groups excluding carboxylic acids is 2. The monoisotopic (exact) mass is 673 g/mol. The number of nitrogens with one attached hydrogen (secondary N) is 1. The second-order valence-corrected chi connectivity index (χ2v) is 12.0. The normalized spacial score (nSPS) is 13.4. The second-order valence-electron chi connectivity index (χ2n) is 12.0. The number of carbonyl (C=O) groups is 3. The minimum absolute atomic E-state index is 0. The molecule has 0 aromatic heterocycles. The van der Waals surface area contributed by atoms with Crippen molar-refractivity contribution in [1.29, 1.82) is 0 Å². The van der Waals surface area contributed by atoms with Gasteiger partial charge in [-0.1, -0.05) is 83.1 Å². The van der Waals surface area contributed by atoms with Crippen molar-refractivity contribution >= 4 is 17.8 Å². The third-order valence-electron chi connectivity index (χ3n) is 8.02. The van der Waals surface area contributed by atoms with Gasteiger partial charge in [0.1, 0.15) is 11.8 Å². The molecule has 1 aromatic rings. The van der Waals surface area contributed by atoms with Crippen molar-refractivity contribution in [2.45, 2.75) is 129 Å². The van der Waals surface area contributed by atoms with Gasteiger partial charge in [0.2, 0.25) is 11.8 Å². The van der Waals surface area contributed by atoms with Gasteiger partial charge in [-0.05, 0) is 49.8 Å². The molecule has 11 heteroatoms. The zero-order chi connectivity index (χ0) is 34.2. The zero-order valence-electron chi connectivity index (χ0n) is 28.5. The first kappa shape index (κ1) is 43.9. The molecular formula is C36H58F3NO7. The first-order valence-corrected chi connectivity index (χ1v) is 17.0. The number of unbranched alkanes of at least 4 members (excludes halogenated alkanes) is 8. The van der Waals surface area contributed by atoms with Gasteiger partial charge in [0.25, 0.3) is 0 Å². The molecule has 0 bridgehead atoms. The number of aliphatic carboxylic acids is 1. The molecule has 0 aliphatic heterocycles. The van der Waals surface area contributed by atoms with Gasteiger partial charge in [-0.15, -0.1) is 0 Å². The van der Waals surface area contributed by atoms with Crippen molar-refractivity contribution in [3.8, 4) is 5.75 Å². The Bertz CT molecular complexity index is 1020. The lowest BCUT2D eigenvalue weighted by molar-refractivity contribution is -0.148. The summed E-state index contributed by atoms with van der Waals surface area (Å²) in [4.78, 5) is 38.2. The number of alkyl halides is 3. The summed E-state index contributed by atoms with van der Waals surface area (Å²) in [6.45, 7) is 3.71. The Kier molecular flexibility index (Phi) is 24.2. The molecule has 0 unspecified atom stereocenters. The molecule has 8 nitrogen and oxygen atoms in total. The minimum Gasteiger partial charge on any atom is -0.494 e. The predicted octanol–water partition coefficient (Wildman–Crippen LogP) is 7.81. The standard InChI is InChI=1S/C36H56F3NO6.H2O/c1-4-6-7-11-14-23-36(38,39)24-15-12-9-8-10-13-18-30(31(17-5-2)34(42)43)33(41)40-32(35(44)45-3)27-28-19-21-29(22-20-28)46-26-16-25-37;/h13,18-22,30-32H,4-12,14-17,23-27H2,1-3H3,(H,40,41)(H,42,43);1H2/b18-13+;/t30-,31+,32-;/m0./s1. The number of esters is 1. The molecule has 0 fully saturated rings. The Hall–Kier alpha value is -3.08. The van der Waals surface area contributed by atoms with E-state index in [1.807, 2.05) is 6.92 Å². The molecule has 0 aliphatic rings. The predicted molar refractivity (Wildman–Crippen MR) is 178 cm³/mol. The van der Waals surface area contributed by atoms with E-state index in [1.54, 1.807) is 36.4 Å². The average molecular weight is 674 g/mol. The van der Waals surface area contributed by atoms with E-state index in [0.717, 1.165) is 38.5 Å². The van der Waals surface area contributed by atoms with Crippen LogP contribution in [-0.2, 0) is 25.5 Å². The molecule has 0 radical (unpaired) electrons. The Morgan fingerprint density at radius 1 is 0.915 bits per heavy atom. The third kappa shape index (κ3) is 19.4. The van der Waals surface area contributed by atoms with Crippen LogP contribution in [0.5, 0.6) is 5.75 Å². The second kappa shape index (κ2) is 25.9. The van der Waals surface area contributed by atoms with Crippen molar-refractivity contribution < 1.29 is 47.6 Å². The Morgan fingerprint density at radius 2 is 1.53 bits per heavy atom. The van der Waals surface area contributed by atoms with E-state index in [4.69, 9.17) is 9.47 Å². The highest BCUT2D eigenvalue weighted by atomic mass is 19.3. The summed E-state index contributed by atoms with van der Waals surface area (Å²) in [5, 5.41) is 12.6. The highest BCUT2D eigenvalue weighted by molar-refractivity contribution is 5.90. The molecule has 0 heterocycles. The maximum atomic E-state index is 14.1. The number of halogens is 3. The number of rotatable bonds is 27. The Morgan fingerprint density at radius 3 is 2.09 bits per heavy atom. The number of carboxylic acids is 1. The highest BCUT2D eigenvalue weighted by Gasteiger charge is 2.34. The fourth-order valence-electron chi connectivity index (χ4n) is 5.33. The lowest BCUT2D eigenvalue weighted by Crippen LogP contribution is -2.47. The largest absolute Gasteiger partial charge is 0.494 e.